The van der Waals surface area contributed by atoms with Gasteiger partial charge in [-0.3, -0.25) is 4.79 Å². The van der Waals surface area contributed by atoms with E-state index in [1.54, 1.807) is 0 Å². The molecule has 112 valence electrons. The maximum atomic E-state index is 12.7. The number of esters is 1. The van der Waals surface area contributed by atoms with Gasteiger partial charge in [0.15, 0.2) is 0 Å². The summed E-state index contributed by atoms with van der Waals surface area (Å²) in [5.41, 5.74) is -0.574. The van der Waals surface area contributed by atoms with Gasteiger partial charge in [-0.1, -0.05) is 29.3 Å². The van der Waals surface area contributed by atoms with Crippen molar-refractivity contribution >= 4 is 27.6 Å². The molecule has 0 saturated carbocycles. The van der Waals surface area contributed by atoms with Crippen LogP contribution in [0.5, 0.6) is 0 Å². The predicted molar refractivity (Wildman–Crippen MR) is 73.5 cm³/mol. The van der Waals surface area contributed by atoms with Crippen LogP contribution in [0.4, 0.5) is 18.9 Å². The fourth-order valence-electron chi connectivity index (χ4n) is 1.41. The summed E-state index contributed by atoms with van der Waals surface area (Å²) in [7, 11) is 0. The summed E-state index contributed by atoms with van der Waals surface area (Å²) >= 11 is 2.85. The Hall–Kier alpha value is -1.24. The van der Waals surface area contributed by atoms with Crippen molar-refractivity contribution < 1.29 is 22.7 Å². The third kappa shape index (κ3) is 5.40. The first-order valence-corrected chi connectivity index (χ1v) is 6.90. The summed E-state index contributed by atoms with van der Waals surface area (Å²) in [6.07, 6.45) is -2.78. The quantitative estimate of drug-likeness (QED) is 0.614. The highest BCUT2D eigenvalue weighted by Gasteiger charge is 2.33. The molecule has 0 aliphatic heterocycles. The first-order valence-electron chi connectivity index (χ1n) is 6.11. The SMILES string of the molecule is CCCCOC(=O)CNc1ccc(Br)c(C(F)(F)F)c1. The Balaban J connectivity index is 2.59. The summed E-state index contributed by atoms with van der Waals surface area (Å²) in [6, 6.07) is 3.69. The van der Waals surface area contributed by atoms with Gasteiger partial charge in [-0.15, -0.1) is 0 Å². The Kier molecular flexibility index (Phi) is 6.32. The molecular formula is C13H15BrF3NO2. The number of hydrogen-bond acceptors (Lipinski definition) is 3. The van der Waals surface area contributed by atoms with Crippen LogP contribution >= 0.6 is 15.9 Å². The van der Waals surface area contributed by atoms with Crippen LogP contribution in [-0.4, -0.2) is 19.1 Å². The molecule has 1 aromatic carbocycles. The number of halogens is 4. The number of ether oxygens (including phenoxy) is 1. The number of carbonyl (C=O) groups is 1. The zero-order valence-electron chi connectivity index (χ0n) is 10.9. The number of unbranched alkanes of at least 4 members (excludes halogenated alkanes) is 1. The predicted octanol–water partition coefficient (Wildman–Crippen LogP) is 4.22. The fraction of sp³-hybridized carbons (Fsp3) is 0.462. The van der Waals surface area contributed by atoms with Crippen LogP contribution in [0.3, 0.4) is 0 Å². The molecule has 7 heteroatoms. The fourth-order valence-corrected chi connectivity index (χ4v) is 1.88. The van der Waals surface area contributed by atoms with Crippen LogP contribution in [0, 0.1) is 0 Å². The molecule has 0 heterocycles. The maximum Gasteiger partial charge on any atom is 0.417 e. The van der Waals surface area contributed by atoms with Gasteiger partial charge < -0.3 is 10.1 Å². The third-order valence-electron chi connectivity index (χ3n) is 2.47. The summed E-state index contributed by atoms with van der Waals surface area (Å²) in [4.78, 5) is 11.3. The Morgan fingerprint density at radius 1 is 1.40 bits per heavy atom. The Bertz CT molecular complexity index is 463. The molecule has 20 heavy (non-hydrogen) atoms. The average molecular weight is 354 g/mol. The van der Waals surface area contributed by atoms with E-state index >= 15 is 0 Å². The van der Waals surface area contributed by atoms with Crippen LogP contribution in [0.15, 0.2) is 22.7 Å². The Morgan fingerprint density at radius 3 is 2.70 bits per heavy atom. The lowest BCUT2D eigenvalue weighted by Crippen LogP contribution is -2.17. The first kappa shape index (κ1) is 16.8. The van der Waals surface area contributed by atoms with Crippen molar-refractivity contribution in [3.8, 4) is 0 Å². The highest BCUT2D eigenvalue weighted by molar-refractivity contribution is 9.10. The topological polar surface area (TPSA) is 38.3 Å². The molecule has 0 atom stereocenters. The molecule has 0 aliphatic carbocycles. The van der Waals surface area contributed by atoms with E-state index in [1.165, 1.54) is 12.1 Å². The standard InChI is InChI=1S/C13H15BrF3NO2/c1-2-3-6-20-12(19)8-18-9-4-5-11(14)10(7-9)13(15,16)17/h4-5,7,18H,2-3,6,8H2,1H3. The van der Waals surface area contributed by atoms with Gasteiger partial charge in [0.1, 0.15) is 6.54 Å². The van der Waals surface area contributed by atoms with E-state index in [4.69, 9.17) is 4.74 Å². The Morgan fingerprint density at radius 2 is 2.10 bits per heavy atom. The number of hydrogen-bond donors (Lipinski definition) is 1. The largest absolute Gasteiger partial charge is 0.464 e. The monoisotopic (exact) mass is 353 g/mol. The van der Waals surface area contributed by atoms with Gasteiger partial charge in [0.25, 0.3) is 0 Å². The van der Waals surface area contributed by atoms with E-state index in [-0.39, 0.29) is 16.7 Å². The highest BCUT2D eigenvalue weighted by atomic mass is 79.9. The second kappa shape index (κ2) is 7.52. The summed E-state index contributed by atoms with van der Waals surface area (Å²) in [6.45, 7) is 2.13. The van der Waals surface area contributed by atoms with Crippen LogP contribution in [0.1, 0.15) is 25.3 Å². The maximum absolute atomic E-state index is 12.7. The number of nitrogens with one attached hydrogen (secondary N) is 1. The molecule has 0 aliphatic rings. The number of alkyl halides is 3. The molecule has 0 spiro atoms. The number of carbonyl (C=O) groups excluding carboxylic acids is 1. The Labute approximate surface area is 123 Å². The highest BCUT2D eigenvalue weighted by Crippen LogP contribution is 2.36. The van der Waals surface area contributed by atoms with Crippen molar-refractivity contribution in [1.29, 1.82) is 0 Å². The van der Waals surface area contributed by atoms with Crippen molar-refractivity contribution in [1.82, 2.24) is 0 Å². The van der Waals surface area contributed by atoms with Crippen molar-refractivity contribution in [3.63, 3.8) is 0 Å². The molecule has 3 nitrogen and oxygen atoms in total. The lowest BCUT2D eigenvalue weighted by molar-refractivity contribution is -0.141. The smallest absolute Gasteiger partial charge is 0.417 e. The van der Waals surface area contributed by atoms with Crippen molar-refractivity contribution in [2.24, 2.45) is 0 Å². The lowest BCUT2D eigenvalue weighted by Gasteiger charge is -2.12. The number of anilines is 1. The van der Waals surface area contributed by atoms with Gasteiger partial charge in [0.05, 0.1) is 12.2 Å². The second-order valence-corrected chi connectivity index (χ2v) is 4.97. The van der Waals surface area contributed by atoms with Crippen LogP contribution in [-0.2, 0) is 15.7 Å². The molecule has 1 rings (SSSR count). The van der Waals surface area contributed by atoms with E-state index in [2.05, 4.69) is 21.2 Å². The molecule has 0 fully saturated rings. The van der Waals surface area contributed by atoms with E-state index in [9.17, 15) is 18.0 Å². The van der Waals surface area contributed by atoms with E-state index in [1.807, 2.05) is 6.92 Å². The molecule has 1 N–H and O–H groups in total. The van der Waals surface area contributed by atoms with E-state index in [0.717, 1.165) is 18.9 Å². The number of benzene rings is 1. The lowest BCUT2D eigenvalue weighted by atomic mass is 10.2. The van der Waals surface area contributed by atoms with Crippen LogP contribution in [0.25, 0.3) is 0 Å². The van der Waals surface area contributed by atoms with Crippen LogP contribution < -0.4 is 5.32 Å². The van der Waals surface area contributed by atoms with Gasteiger partial charge >= 0.3 is 12.1 Å². The molecular weight excluding hydrogens is 339 g/mol. The van der Waals surface area contributed by atoms with E-state index < -0.39 is 17.7 Å². The van der Waals surface area contributed by atoms with E-state index in [0.29, 0.717) is 6.61 Å². The molecule has 0 unspecified atom stereocenters. The van der Waals surface area contributed by atoms with Gasteiger partial charge in [-0.25, -0.2) is 0 Å². The third-order valence-corrected chi connectivity index (χ3v) is 3.16. The zero-order chi connectivity index (χ0) is 15.2. The average Bonchev–Trinajstić information content (AvgIpc) is 2.36. The van der Waals surface area contributed by atoms with Crippen molar-refractivity contribution in [2.75, 3.05) is 18.5 Å². The number of rotatable bonds is 6. The molecule has 0 amide bonds. The second-order valence-electron chi connectivity index (χ2n) is 4.12. The molecule has 0 saturated heterocycles. The molecule has 0 radical (unpaired) electrons. The minimum atomic E-state index is -4.45. The zero-order valence-corrected chi connectivity index (χ0v) is 12.5. The van der Waals surface area contributed by atoms with Gasteiger partial charge in [-0.2, -0.15) is 13.2 Å². The summed E-state index contributed by atoms with van der Waals surface area (Å²) < 4.78 is 42.9. The van der Waals surface area contributed by atoms with Gasteiger partial charge in [-0.05, 0) is 24.6 Å². The molecule has 0 aromatic heterocycles. The normalized spacial score (nSPS) is 11.2. The van der Waals surface area contributed by atoms with Gasteiger partial charge in [0, 0.05) is 10.2 Å². The summed E-state index contributed by atoms with van der Waals surface area (Å²) in [5, 5.41) is 2.62. The first-order chi connectivity index (χ1) is 9.34. The summed E-state index contributed by atoms with van der Waals surface area (Å²) in [5.74, 6) is -0.491. The minimum Gasteiger partial charge on any atom is -0.464 e. The minimum absolute atomic E-state index is 0.0407. The van der Waals surface area contributed by atoms with Crippen LogP contribution in [0.2, 0.25) is 0 Å². The van der Waals surface area contributed by atoms with Crippen molar-refractivity contribution in [2.45, 2.75) is 25.9 Å². The van der Waals surface area contributed by atoms with Crippen molar-refractivity contribution in [3.05, 3.63) is 28.2 Å². The molecule has 1 aromatic rings. The van der Waals surface area contributed by atoms with Gasteiger partial charge in [0.2, 0.25) is 0 Å². The molecule has 0 bridgehead atoms.